The molecule has 5 heteroatoms. The summed E-state index contributed by atoms with van der Waals surface area (Å²) in [5.41, 5.74) is 0. The second-order valence-corrected chi connectivity index (χ2v) is 4.28. The third-order valence-corrected chi connectivity index (χ3v) is 3.09. The fourth-order valence-corrected chi connectivity index (χ4v) is 2.10. The number of rotatable bonds is 3. The number of likely N-dealkylation sites (tertiary alicyclic amines) is 2. The first-order valence-corrected chi connectivity index (χ1v) is 6.35. The summed E-state index contributed by atoms with van der Waals surface area (Å²) in [5, 5.41) is 8.45. The molecule has 0 aromatic rings. The Morgan fingerprint density at radius 2 is 1.59 bits per heavy atom. The first-order chi connectivity index (χ1) is 8.19. The molecule has 2 heterocycles. The van der Waals surface area contributed by atoms with Crippen LogP contribution in [0.1, 0.15) is 32.6 Å². The fourth-order valence-electron chi connectivity index (χ4n) is 2.10. The van der Waals surface area contributed by atoms with Crippen LogP contribution in [0.5, 0.6) is 0 Å². The number of amides is 2. The van der Waals surface area contributed by atoms with Crippen molar-refractivity contribution in [2.24, 2.45) is 0 Å². The average Bonchev–Trinajstić information content (AvgIpc) is 2.90. The van der Waals surface area contributed by atoms with Gasteiger partial charge in [-0.2, -0.15) is 0 Å². The Bertz CT molecular complexity index is 268. The number of hydrogen-bond donors (Lipinski definition) is 1. The molecule has 5 nitrogen and oxygen atoms in total. The Kier molecular flexibility index (Phi) is 5.97. The lowest BCUT2D eigenvalue weighted by molar-refractivity contribution is -0.128. The molecule has 2 aliphatic heterocycles. The molecule has 0 aromatic carbocycles. The summed E-state index contributed by atoms with van der Waals surface area (Å²) >= 11 is 0. The highest BCUT2D eigenvalue weighted by Crippen LogP contribution is 2.08. The number of aliphatic hydroxyl groups excluding tert-OH is 1. The van der Waals surface area contributed by atoms with Crippen LogP contribution in [0.15, 0.2) is 0 Å². The molecule has 0 atom stereocenters. The van der Waals surface area contributed by atoms with Gasteiger partial charge >= 0.3 is 0 Å². The molecular formula is C12H22N2O3. The SMILES string of the molecule is CCN1CCCC1=O.O=C1CCCN1CCO. The van der Waals surface area contributed by atoms with E-state index in [1.807, 2.05) is 11.8 Å². The Labute approximate surface area is 102 Å². The van der Waals surface area contributed by atoms with E-state index >= 15 is 0 Å². The van der Waals surface area contributed by atoms with E-state index < -0.39 is 0 Å². The van der Waals surface area contributed by atoms with E-state index in [9.17, 15) is 9.59 Å². The second kappa shape index (κ2) is 7.27. The molecule has 2 rings (SSSR count). The topological polar surface area (TPSA) is 60.9 Å². The van der Waals surface area contributed by atoms with E-state index in [-0.39, 0.29) is 12.5 Å². The predicted molar refractivity (Wildman–Crippen MR) is 64.4 cm³/mol. The van der Waals surface area contributed by atoms with Crippen molar-refractivity contribution in [3.8, 4) is 0 Å². The maximum atomic E-state index is 10.8. The van der Waals surface area contributed by atoms with Crippen molar-refractivity contribution in [1.82, 2.24) is 9.80 Å². The summed E-state index contributed by atoms with van der Waals surface area (Å²) in [5.74, 6) is 0.511. The summed E-state index contributed by atoms with van der Waals surface area (Å²) < 4.78 is 0. The third-order valence-electron chi connectivity index (χ3n) is 3.09. The molecule has 98 valence electrons. The quantitative estimate of drug-likeness (QED) is 0.770. The molecule has 0 spiro atoms. The van der Waals surface area contributed by atoms with Gasteiger partial charge in [-0.05, 0) is 19.8 Å². The standard InChI is InChI=1S/C6H11NO2.C6H11NO/c8-5-4-7-3-1-2-6(7)9;1-2-7-5-3-4-6(7)8/h8H,1-5H2;2-5H2,1H3. The molecule has 1 N–H and O–H groups in total. The number of hydrogen-bond acceptors (Lipinski definition) is 3. The van der Waals surface area contributed by atoms with E-state index in [2.05, 4.69) is 0 Å². The summed E-state index contributed by atoms with van der Waals surface area (Å²) in [4.78, 5) is 25.1. The number of carbonyl (C=O) groups excluding carboxylic acids is 2. The molecule has 0 saturated carbocycles. The summed E-state index contributed by atoms with van der Waals surface area (Å²) in [6.45, 7) is 5.32. The van der Waals surface area contributed by atoms with Crippen LogP contribution in [0.25, 0.3) is 0 Å². The van der Waals surface area contributed by atoms with Crippen molar-refractivity contribution in [3.05, 3.63) is 0 Å². The van der Waals surface area contributed by atoms with Crippen molar-refractivity contribution < 1.29 is 14.7 Å². The van der Waals surface area contributed by atoms with Gasteiger partial charge in [0.25, 0.3) is 0 Å². The lowest BCUT2D eigenvalue weighted by atomic mass is 10.4. The maximum Gasteiger partial charge on any atom is 0.222 e. The monoisotopic (exact) mass is 242 g/mol. The molecule has 2 aliphatic rings. The molecule has 0 aliphatic carbocycles. The molecule has 0 radical (unpaired) electrons. The molecule has 0 bridgehead atoms. The highest BCUT2D eigenvalue weighted by atomic mass is 16.3. The van der Waals surface area contributed by atoms with Crippen molar-refractivity contribution in [3.63, 3.8) is 0 Å². The fraction of sp³-hybridized carbons (Fsp3) is 0.833. The molecule has 0 aromatic heterocycles. The molecule has 0 unspecified atom stereocenters. The zero-order valence-corrected chi connectivity index (χ0v) is 10.5. The van der Waals surface area contributed by atoms with E-state index in [1.54, 1.807) is 4.90 Å². The minimum atomic E-state index is 0.0890. The van der Waals surface area contributed by atoms with Gasteiger partial charge in [0, 0.05) is 39.0 Å². The van der Waals surface area contributed by atoms with Gasteiger partial charge in [0.1, 0.15) is 0 Å². The molecule has 2 amide bonds. The van der Waals surface area contributed by atoms with E-state index in [0.717, 1.165) is 38.9 Å². The van der Waals surface area contributed by atoms with Crippen LogP contribution in [-0.4, -0.2) is 59.5 Å². The third kappa shape index (κ3) is 4.34. The molecule has 17 heavy (non-hydrogen) atoms. The van der Waals surface area contributed by atoms with Crippen molar-refractivity contribution in [2.45, 2.75) is 32.6 Å². The van der Waals surface area contributed by atoms with Gasteiger partial charge in [-0.1, -0.05) is 0 Å². The Morgan fingerprint density at radius 1 is 1.06 bits per heavy atom. The van der Waals surface area contributed by atoms with Gasteiger partial charge in [0.15, 0.2) is 0 Å². The first-order valence-electron chi connectivity index (χ1n) is 6.35. The number of carbonyl (C=O) groups is 2. The predicted octanol–water partition coefficient (Wildman–Crippen LogP) is 0.230. The second-order valence-electron chi connectivity index (χ2n) is 4.28. The van der Waals surface area contributed by atoms with E-state index in [0.29, 0.717) is 18.9 Å². The zero-order valence-electron chi connectivity index (χ0n) is 10.5. The van der Waals surface area contributed by atoms with Crippen LogP contribution in [0.2, 0.25) is 0 Å². The van der Waals surface area contributed by atoms with Crippen LogP contribution in [0, 0.1) is 0 Å². The first kappa shape index (κ1) is 14.0. The van der Waals surface area contributed by atoms with Gasteiger partial charge in [0.2, 0.25) is 11.8 Å². The van der Waals surface area contributed by atoms with Crippen molar-refractivity contribution in [1.29, 1.82) is 0 Å². The number of nitrogens with zero attached hydrogens (tertiary/aromatic N) is 2. The molecular weight excluding hydrogens is 220 g/mol. The van der Waals surface area contributed by atoms with Crippen LogP contribution < -0.4 is 0 Å². The normalized spacial score (nSPS) is 19.6. The highest BCUT2D eigenvalue weighted by molar-refractivity contribution is 5.78. The Hall–Kier alpha value is -1.10. The minimum absolute atomic E-state index is 0.0890. The zero-order chi connectivity index (χ0) is 12.7. The van der Waals surface area contributed by atoms with Crippen molar-refractivity contribution >= 4 is 11.8 Å². The van der Waals surface area contributed by atoms with Crippen LogP contribution >= 0.6 is 0 Å². The van der Waals surface area contributed by atoms with Crippen LogP contribution in [-0.2, 0) is 9.59 Å². The minimum Gasteiger partial charge on any atom is -0.395 e. The summed E-state index contributed by atoms with van der Waals surface area (Å²) in [6.07, 6.45) is 3.46. The Morgan fingerprint density at radius 3 is 1.88 bits per heavy atom. The van der Waals surface area contributed by atoms with Crippen LogP contribution in [0.4, 0.5) is 0 Å². The number of aliphatic hydroxyl groups is 1. The largest absolute Gasteiger partial charge is 0.395 e. The van der Waals surface area contributed by atoms with Gasteiger partial charge in [-0.3, -0.25) is 9.59 Å². The van der Waals surface area contributed by atoms with Gasteiger partial charge in [-0.15, -0.1) is 0 Å². The Balaban J connectivity index is 0.000000171. The smallest absolute Gasteiger partial charge is 0.222 e. The van der Waals surface area contributed by atoms with Gasteiger partial charge in [-0.25, -0.2) is 0 Å². The van der Waals surface area contributed by atoms with Crippen LogP contribution in [0.3, 0.4) is 0 Å². The van der Waals surface area contributed by atoms with E-state index in [4.69, 9.17) is 5.11 Å². The maximum absolute atomic E-state index is 10.8. The summed E-state index contributed by atoms with van der Waals surface area (Å²) in [7, 11) is 0. The van der Waals surface area contributed by atoms with E-state index in [1.165, 1.54) is 0 Å². The lowest BCUT2D eigenvalue weighted by Crippen LogP contribution is -2.27. The molecule has 2 saturated heterocycles. The number of β-amino-alcohol motifs (C(OH)–C–C–N with tert-alkyl or cyclic N) is 1. The molecule has 2 fully saturated rings. The average molecular weight is 242 g/mol. The summed E-state index contributed by atoms with van der Waals surface area (Å²) in [6, 6.07) is 0. The van der Waals surface area contributed by atoms with Gasteiger partial charge in [0.05, 0.1) is 6.61 Å². The highest BCUT2D eigenvalue weighted by Gasteiger charge is 2.18. The van der Waals surface area contributed by atoms with Crippen molar-refractivity contribution in [2.75, 3.05) is 32.8 Å². The van der Waals surface area contributed by atoms with Gasteiger partial charge < -0.3 is 14.9 Å². The lowest BCUT2D eigenvalue weighted by Gasteiger charge is -2.11.